The van der Waals surface area contributed by atoms with Crippen molar-refractivity contribution in [3.05, 3.63) is 12.2 Å². The molecule has 2 aliphatic carbocycles. The number of rotatable bonds is 5. The molecule has 0 aliphatic heterocycles. The molecule has 1 fully saturated rings. The number of allylic oxidation sites excluding steroid dienone is 2. The molecule has 0 heterocycles. The van der Waals surface area contributed by atoms with Crippen molar-refractivity contribution in [3.8, 4) is 0 Å². The van der Waals surface area contributed by atoms with Gasteiger partial charge in [0.05, 0.1) is 5.33 Å². The average molecular weight is 301 g/mol. The van der Waals surface area contributed by atoms with Crippen LogP contribution < -0.4 is 10.6 Å². The molecule has 4 nitrogen and oxygen atoms in total. The van der Waals surface area contributed by atoms with Crippen LogP contribution in [0.25, 0.3) is 0 Å². The first-order valence-electron chi connectivity index (χ1n) is 5.99. The van der Waals surface area contributed by atoms with Crippen LogP contribution in [0.15, 0.2) is 12.2 Å². The van der Waals surface area contributed by atoms with Gasteiger partial charge in [-0.05, 0) is 24.7 Å². The summed E-state index contributed by atoms with van der Waals surface area (Å²) < 4.78 is 0. The number of hydrogen-bond acceptors (Lipinski definition) is 2. The summed E-state index contributed by atoms with van der Waals surface area (Å²) in [6, 6.07) is 0. The maximum Gasteiger partial charge on any atom is 0.230 e. The van der Waals surface area contributed by atoms with Crippen molar-refractivity contribution in [2.45, 2.75) is 12.8 Å². The third-order valence-electron chi connectivity index (χ3n) is 3.48. The van der Waals surface area contributed by atoms with Crippen molar-refractivity contribution < 1.29 is 9.59 Å². The molecule has 0 aromatic heterocycles. The Labute approximate surface area is 109 Å². The number of hydrogen-bond donors (Lipinski definition) is 2. The van der Waals surface area contributed by atoms with E-state index in [2.05, 4.69) is 38.7 Å². The van der Waals surface area contributed by atoms with Crippen molar-refractivity contribution in [1.82, 2.24) is 10.6 Å². The smallest absolute Gasteiger partial charge is 0.230 e. The largest absolute Gasteiger partial charge is 0.354 e. The molecule has 0 spiro atoms. The molecule has 3 atom stereocenters. The van der Waals surface area contributed by atoms with E-state index in [0.29, 0.717) is 30.3 Å². The van der Waals surface area contributed by atoms with Crippen LogP contribution in [0, 0.1) is 17.8 Å². The minimum absolute atomic E-state index is 0.0536. The molecular weight excluding hydrogens is 284 g/mol. The summed E-state index contributed by atoms with van der Waals surface area (Å²) in [6.45, 7) is 1.00. The molecule has 2 amide bonds. The zero-order valence-electron chi connectivity index (χ0n) is 9.62. The Hall–Kier alpha value is -0.840. The van der Waals surface area contributed by atoms with Crippen molar-refractivity contribution >= 4 is 27.7 Å². The van der Waals surface area contributed by atoms with E-state index in [9.17, 15) is 9.59 Å². The number of carbonyl (C=O) groups excluding carboxylic acids is 2. The predicted octanol–water partition coefficient (Wildman–Crippen LogP) is 0.826. The summed E-state index contributed by atoms with van der Waals surface area (Å²) in [7, 11) is 0. The van der Waals surface area contributed by atoms with Crippen LogP contribution in [-0.2, 0) is 9.59 Å². The molecule has 0 aromatic carbocycles. The Morgan fingerprint density at radius 2 is 1.94 bits per heavy atom. The lowest BCUT2D eigenvalue weighted by Crippen LogP contribution is -2.38. The summed E-state index contributed by atoms with van der Waals surface area (Å²) in [6.07, 6.45) is 6.52. The van der Waals surface area contributed by atoms with Crippen molar-refractivity contribution in [2.24, 2.45) is 17.8 Å². The van der Waals surface area contributed by atoms with Crippen molar-refractivity contribution in [2.75, 3.05) is 18.4 Å². The van der Waals surface area contributed by atoms with Crippen molar-refractivity contribution in [3.63, 3.8) is 0 Å². The monoisotopic (exact) mass is 300 g/mol. The minimum Gasteiger partial charge on any atom is -0.354 e. The fraction of sp³-hybridized carbons (Fsp3) is 0.667. The summed E-state index contributed by atoms with van der Waals surface area (Å²) in [5.74, 6) is 1.29. The van der Waals surface area contributed by atoms with Gasteiger partial charge in [0.1, 0.15) is 0 Å². The van der Waals surface area contributed by atoms with Crippen LogP contribution in [0.1, 0.15) is 12.8 Å². The van der Waals surface area contributed by atoms with E-state index in [4.69, 9.17) is 0 Å². The van der Waals surface area contributed by atoms with E-state index < -0.39 is 0 Å². The Bertz CT molecular complexity index is 343. The van der Waals surface area contributed by atoms with Crippen LogP contribution >= 0.6 is 15.9 Å². The fourth-order valence-electron chi connectivity index (χ4n) is 2.65. The lowest BCUT2D eigenvalue weighted by molar-refractivity contribution is -0.126. The van der Waals surface area contributed by atoms with Crippen LogP contribution in [0.4, 0.5) is 0 Å². The highest BCUT2D eigenvalue weighted by molar-refractivity contribution is 9.09. The molecule has 2 rings (SSSR count). The van der Waals surface area contributed by atoms with E-state index in [-0.39, 0.29) is 17.7 Å². The van der Waals surface area contributed by atoms with Gasteiger partial charge < -0.3 is 10.6 Å². The summed E-state index contributed by atoms with van der Waals surface area (Å²) in [5, 5.41) is 5.89. The molecule has 2 bridgehead atoms. The van der Waals surface area contributed by atoms with Gasteiger partial charge in [-0.1, -0.05) is 28.1 Å². The van der Waals surface area contributed by atoms with Crippen LogP contribution in [0.2, 0.25) is 0 Å². The van der Waals surface area contributed by atoms with E-state index in [1.54, 1.807) is 0 Å². The number of alkyl halides is 1. The van der Waals surface area contributed by atoms with Gasteiger partial charge in [0.2, 0.25) is 11.8 Å². The lowest BCUT2D eigenvalue weighted by Gasteiger charge is -2.17. The highest BCUT2D eigenvalue weighted by Crippen LogP contribution is 2.43. The molecule has 0 saturated heterocycles. The van der Waals surface area contributed by atoms with Gasteiger partial charge in [0.15, 0.2) is 0 Å². The molecule has 0 aromatic rings. The predicted molar refractivity (Wildman–Crippen MR) is 68.7 cm³/mol. The minimum atomic E-state index is -0.0536. The second-order valence-corrected chi connectivity index (χ2v) is 5.22. The normalized spacial score (nSPS) is 29.4. The summed E-state index contributed by atoms with van der Waals surface area (Å²) in [4.78, 5) is 22.8. The number of fused-ring (bicyclic) bond motifs is 2. The topological polar surface area (TPSA) is 58.2 Å². The Morgan fingerprint density at radius 3 is 2.53 bits per heavy atom. The number of halogens is 1. The first-order chi connectivity index (χ1) is 8.20. The molecule has 2 N–H and O–H groups in total. The third-order valence-corrected chi connectivity index (χ3v) is 3.99. The zero-order valence-corrected chi connectivity index (χ0v) is 11.2. The average Bonchev–Trinajstić information content (AvgIpc) is 2.96. The molecule has 3 unspecified atom stereocenters. The van der Waals surface area contributed by atoms with Gasteiger partial charge in [-0.15, -0.1) is 0 Å². The van der Waals surface area contributed by atoms with Crippen LogP contribution in [0.3, 0.4) is 0 Å². The third kappa shape index (κ3) is 3.09. The Kier molecular flexibility index (Phi) is 4.20. The van der Waals surface area contributed by atoms with Gasteiger partial charge in [-0.25, -0.2) is 0 Å². The number of carbonyl (C=O) groups is 2. The maximum absolute atomic E-state index is 11.9. The Balaban J connectivity index is 1.65. The van der Waals surface area contributed by atoms with Crippen LogP contribution in [-0.4, -0.2) is 30.2 Å². The van der Waals surface area contributed by atoms with Crippen LogP contribution in [0.5, 0.6) is 0 Å². The number of amides is 2. The summed E-state index contributed by atoms with van der Waals surface area (Å²) in [5.41, 5.74) is 0. The highest BCUT2D eigenvalue weighted by atomic mass is 79.9. The molecule has 2 aliphatic rings. The molecule has 17 heavy (non-hydrogen) atoms. The zero-order chi connectivity index (χ0) is 12.3. The SMILES string of the molecule is O=C(CBr)NCCNC(=O)C1CC2C=CC1C2. The summed E-state index contributed by atoms with van der Waals surface area (Å²) >= 11 is 3.06. The lowest BCUT2D eigenvalue weighted by atomic mass is 9.93. The molecule has 1 saturated carbocycles. The fourth-order valence-corrected chi connectivity index (χ4v) is 2.85. The quantitative estimate of drug-likeness (QED) is 0.449. The highest BCUT2D eigenvalue weighted by Gasteiger charge is 2.39. The first kappa shape index (κ1) is 12.6. The molecule has 94 valence electrons. The van der Waals surface area contributed by atoms with Crippen molar-refractivity contribution in [1.29, 1.82) is 0 Å². The van der Waals surface area contributed by atoms with E-state index in [1.807, 2.05) is 0 Å². The standard InChI is InChI=1S/C12H17BrN2O2/c13-7-11(16)14-3-4-15-12(17)10-6-8-1-2-9(10)5-8/h1-2,8-10H,3-7H2,(H,14,16)(H,15,17). The van der Waals surface area contributed by atoms with E-state index in [1.165, 1.54) is 0 Å². The Morgan fingerprint density at radius 1 is 1.18 bits per heavy atom. The molecule has 0 radical (unpaired) electrons. The second-order valence-electron chi connectivity index (χ2n) is 4.66. The van der Waals surface area contributed by atoms with Gasteiger partial charge in [-0.3, -0.25) is 9.59 Å². The first-order valence-corrected chi connectivity index (χ1v) is 7.11. The van der Waals surface area contributed by atoms with Gasteiger partial charge in [-0.2, -0.15) is 0 Å². The number of nitrogens with one attached hydrogen (secondary N) is 2. The van der Waals surface area contributed by atoms with E-state index in [0.717, 1.165) is 12.8 Å². The van der Waals surface area contributed by atoms with E-state index >= 15 is 0 Å². The molecular formula is C12H17BrN2O2. The molecule has 5 heteroatoms. The van der Waals surface area contributed by atoms with Gasteiger partial charge >= 0.3 is 0 Å². The maximum atomic E-state index is 11.9. The van der Waals surface area contributed by atoms with Gasteiger partial charge in [0.25, 0.3) is 0 Å². The second kappa shape index (κ2) is 5.67. The van der Waals surface area contributed by atoms with Gasteiger partial charge in [0, 0.05) is 19.0 Å².